The first-order chi connectivity index (χ1) is 8.61. The lowest BCUT2D eigenvalue weighted by atomic mass is 10.1. The van der Waals surface area contributed by atoms with Crippen LogP contribution in [0.4, 0.5) is 0 Å². The number of carbonyl (C=O) groups excluding carboxylic acids is 1. The van der Waals surface area contributed by atoms with E-state index in [2.05, 4.69) is 15.9 Å². The summed E-state index contributed by atoms with van der Waals surface area (Å²) in [5.74, 6) is 0.429. The third-order valence-corrected chi connectivity index (χ3v) is 3.37. The lowest BCUT2D eigenvalue weighted by Crippen LogP contribution is -2.16. The Morgan fingerprint density at radius 2 is 2.28 bits per heavy atom. The molecule has 1 aromatic carbocycles. The maximum atomic E-state index is 11.6. The molecule has 0 N–H and O–H groups in total. The Hall–Kier alpha value is -1.29. The summed E-state index contributed by atoms with van der Waals surface area (Å²) in [6, 6.07) is 7.85. The Balaban J connectivity index is 2.17. The Kier molecular flexibility index (Phi) is 4.07. The number of carbonyl (C=O) groups is 1. The predicted molar refractivity (Wildman–Crippen MR) is 73.4 cm³/mol. The summed E-state index contributed by atoms with van der Waals surface area (Å²) < 4.78 is 11.7. The van der Waals surface area contributed by atoms with Crippen LogP contribution in [0.5, 0.6) is 0 Å². The number of esters is 1. The zero-order chi connectivity index (χ0) is 13.1. The molecule has 0 spiro atoms. The molecule has 0 fully saturated rings. The quantitative estimate of drug-likeness (QED) is 0.803. The molecule has 2 rings (SSSR count). The normalized spacial score (nSPS) is 12.6. The van der Waals surface area contributed by atoms with Crippen molar-refractivity contribution in [1.82, 2.24) is 0 Å². The van der Waals surface area contributed by atoms with Crippen molar-refractivity contribution in [2.75, 3.05) is 6.61 Å². The van der Waals surface area contributed by atoms with Crippen molar-refractivity contribution >= 4 is 32.9 Å². The van der Waals surface area contributed by atoms with E-state index in [1.807, 2.05) is 38.1 Å². The highest BCUT2D eigenvalue weighted by Crippen LogP contribution is 2.28. The van der Waals surface area contributed by atoms with E-state index in [4.69, 9.17) is 9.15 Å². The van der Waals surface area contributed by atoms with Crippen LogP contribution in [0.15, 0.2) is 33.2 Å². The zero-order valence-electron chi connectivity index (χ0n) is 10.4. The van der Waals surface area contributed by atoms with E-state index in [1.54, 1.807) is 0 Å². The number of hydrogen-bond donors (Lipinski definition) is 0. The molecule has 0 saturated carbocycles. The van der Waals surface area contributed by atoms with Crippen molar-refractivity contribution in [3.05, 3.63) is 34.5 Å². The van der Waals surface area contributed by atoms with Crippen molar-refractivity contribution in [3.8, 4) is 0 Å². The molecule has 1 aromatic heterocycles. The number of ether oxygens (including phenoxy) is 1. The molecule has 0 aliphatic rings. The minimum Gasteiger partial charge on any atom is -0.466 e. The number of hydrogen-bond acceptors (Lipinski definition) is 3. The summed E-state index contributed by atoms with van der Waals surface area (Å²) in [6.07, 6.45) is 0.556. The molecule has 0 amide bonds. The lowest BCUT2D eigenvalue weighted by Gasteiger charge is -2.07. The predicted octanol–water partition coefficient (Wildman–Crippen LogP) is 3.94. The SMILES string of the molecule is CCOC(=O)C(C)Cc1cc2cccc(Br)c2o1. The van der Waals surface area contributed by atoms with E-state index in [-0.39, 0.29) is 11.9 Å². The Morgan fingerprint density at radius 1 is 1.50 bits per heavy atom. The van der Waals surface area contributed by atoms with E-state index >= 15 is 0 Å². The van der Waals surface area contributed by atoms with Crippen LogP contribution in [0, 0.1) is 5.92 Å². The van der Waals surface area contributed by atoms with Gasteiger partial charge in [0.1, 0.15) is 11.3 Å². The summed E-state index contributed by atoms with van der Waals surface area (Å²) in [5.41, 5.74) is 0.823. The maximum Gasteiger partial charge on any atom is 0.309 e. The van der Waals surface area contributed by atoms with Gasteiger partial charge in [-0.25, -0.2) is 0 Å². The molecule has 0 aliphatic heterocycles. The van der Waals surface area contributed by atoms with Crippen LogP contribution in [0.1, 0.15) is 19.6 Å². The van der Waals surface area contributed by atoms with E-state index in [1.165, 1.54) is 0 Å². The topological polar surface area (TPSA) is 39.4 Å². The molecule has 1 atom stereocenters. The fourth-order valence-corrected chi connectivity index (χ4v) is 2.31. The number of para-hydroxylation sites is 1. The Labute approximate surface area is 114 Å². The van der Waals surface area contributed by atoms with Crippen LogP contribution in [0.3, 0.4) is 0 Å². The van der Waals surface area contributed by atoms with Crippen LogP contribution in [0.2, 0.25) is 0 Å². The first-order valence-corrected chi connectivity index (χ1v) is 6.74. The molecule has 0 radical (unpaired) electrons. The largest absolute Gasteiger partial charge is 0.466 e. The van der Waals surface area contributed by atoms with Crippen LogP contribution in [0.25, 0.3) is 11.0 Å². The second-order valence-electron chi connectivity index (χ2n) is 4.23. The molecule has 0 aliphatic carbocycles. The summed E-state index contributed by atoms with van der Waals surface area (Å²) in [4.78, 5) is 11.6. The molecule has 4 heteroatoms. The van der Waals surface area contributed by atoms with Crippen LogP contribution < -0.4 is 0 Å². The fourth-order valence-electron chi connectivity index (χ4n) is 1.85. The number of furan rings is 1. The van der Waals surface area contributed by atoms with Crippen LogP contribution in [-0.2, 0) is 16.0 Å². The van der Waals surface area contributed by atoms with E-state index in [9.17, 15) is 4.79 Å². The molecule has 3 nitrogen and oxygen atoms in total. The summed E-state index contributed by atoms with van der Waals surface area (Å²) in [7, 11) is 0. The second kappa shape index (κ2) is 5.57. The molecule has 96 valence electrons. The van der Waals surface area contributed by atoms with Gasteiger partial charge in [0.25, 0.3) is 0 Å². The maximum absolute atomic E-state index is 11.6. The number of fused-ring (bicyclic) bond motifs is 1. The molecular weight excluding hydrogens is 296 g/mol. The van der Waals surface area contributed by atoms with Gasteiger partial charge in [-0.15, -0.1) is 0 Å². The minimum absolute atomic E-state index is 0.183. The summed E-state index contributed by atoms with van der Waals surface area (Å²) >= 11 is 3.44. The highest BCUT2D eigenvalue weighted by atomic mass is 79.9. The van der Waals surface area contributed by atoms with E-state index in [0.717, 1.165) is 21.2 Å². The van der Waals surface area contributed by atoms with Crippen molar-refractivity contribution in [3.63, 3.8) is 0 Å². The molecule has 1 unspecified atom stereocenters. The molecule has 0 saturated heterocycles. The van der Waals surface area contributed by atoms with Gasteiger partial charge in [-0.1, -0.05) is 19.1 Å². The molecular formula is C14H15BrO3. The number of halogens is 1. The van der Waals surface area contributed by atoms with Crippen LogP contribution in [-0.4, -0.2) is 12.6 Å². The molecule has 0 bridgehead atoms. The average Bonchev–Trinajstić information content (AvgIpc) is 2.73. The first-order valence-electron chi connectivity index (χ1n) is 5.95. The van der Waals surface area contributed by atoms with Crippen LogP contribution >= 0.6 is 15.9 Å². The van der Waals surface area contributed by atoms with Gasteiger partial charge in [0, 0.05) is 11.8 Å². The molecule has 18 heavy (non-hydrogen) atoms. The third kappa shape index (κ3) is 2.75. The van der Waals surface area contributed by atoms with Gasteiger partial charge in [-0.05, 0) is 35.0 Å². The van der Waals surface area contributed by atoms with E-state index < -0.39 is 0 Å². The summed E-state index contributed by atoms with van der Waals surface area (Å²) in [6.45, 7) is 4.07. The molecule has 1 heterocycles. The van der Waals surface area contributed by atoms with Gasteiger partial charge in [0.05, 0.1) is 17.0 Å². The monoisotopic (exact) mass is 310 g/mol. The minimum atomic E-state index is -0.190. The number of benzene rings is 1. The Morgan fingerprint density at radius 3 is 2.94 bits per heavy atom. The van der Waals surface area contributed by atoms with Gasteiger partial charge in [-0.2, -0.15) is 0 Å². The van der Waals surface area contributed by atoms with Crippen molar-refractivity contribution in [2.45, 2.75) is 20.3 Å². The van der Waals surface area contributed by atoms with Crippen molar-refractivity contribution < 1.29 is 13.9 Å². The second-order valence-corrected chi connectivity index (χ2v) is 5.08. The summed E-state index contributed by atoms with van der Waals surface area (Å²) in [5, 5.41) is 1.04. The van der Waals surface area contributed by atoms with Gasteiger partial charge >= 0.3 is 5.97 Å². The standard InChI is InChI=1S/C14H15BrO3/c1-3-17-14(16)9(2)7-11-8-10-5-4-6-12(15)13(10)18-11/h4-6,8-9H,3,7H2,1-2H3. The fraction of sp³-hybridized carbons (Fsp3) is 0.357. The first kappa shape index (κ1) is 13.1. The van der Waals surface area contributed by atoms with Gasteiger partial charge < -0.3 is 9.15 Å². The lowest BCUT2D eigenvalue weighted by molar-refractivity contribution is -0.147. The zero-order valence-corrected chi connectivity index (χ0v) is 12.0. The number of rotatable bonds is 4. The van der Waals surface area contributed by atoms with Crippen molar-refractivity contribution in [1.29, 1.82) is 0 Å². The highest BCUT2D eigenvalue weighted by molar-refractivity contribution is 9.10. The third-order valence-electron chi connectivity index (χ3n) is 2.74. The van der Waals surface area contributed by atoms with Gasteiger partial charge in [0.2, 0.25) is 0 Å². The highest BCUT2D eigenvalue weighted by Gasteiger charge is 2.17. The smallest absolute Gasteiger partial charge is 0.309 e. The molecule has 2 aromatic rings. The van der Waals surface area contributed by atoms with E-state index in [0.29, 0.717) is 13.0 Å². The van der Waals surface area contributed by atoms with Gasteiger partial charge in [0.15, 0.2) is 0 Å². The van der Waals surface area contributed by atoms with Gasteiger partial charge in [-0.3, -0.25) is 4.79 Å². The Bertz CT molecular complexity index is 559. The van der Waals surface area contributed by atoms with Crippen molar-refractivity contribution in [2.24, 2.45) is 5.92 Å². The average molecular weight is 311 g/mol.